The van der Waals surface area contributed by atoms with E-state index in [1.807, 2.05) is 0 Å². The van der Waals surface area contributed by atoms with Gasteiger partial charge in [0.05, 0.1) is 26.7 Å². The first kappa shape index (κ1) is 20.5. The first-order valence-electron chi connectivity index (χ1n) is 6.10. The Labute approximate surface area is 122 Å². The molecule has 0 unspecified atom stereocenters. The van der Waals surface area contributed by atoms with Gasteiger partial charge in [0.15, 0.2) is 0 Å². The zero-order valence-corrected chi connectivity index (χ0v) is 13.3. The lowest BCUT2D eigenvalue weighted by Crippen LogP contribution is -2.47. The Kier molecular flexibility index (Phi) is 7.04. The quantitative estimate of drug-likeness (QED) is 0.468. The molecule has 0 spiro atoms. The van der Waals surface area contributed by atoms with Crippen LogP contribution in [0.3, 0.4) is 0 Å². The average molecular weight is 359 g/mol. The van der Waals surface area contributed by atoms with Crippen molar-refractivity contribution in [1.82, 2.24) is 4.13 Å². The van der Waals surface area contributed by atoms with E-state index in [0.29, 0.717) is 0 Å². The van der Waals surface area contributed by atoms with Crippen molar-refractivity contribution in [2.45, 2.75) is 31.7 Å². The van der Waals surface area contributed by atoms with Gasteiger partial charge in [0.2, 0.25) is 0 Å². The van der Waals surface area contributed by atoms with E-state index in [9.17, 15) is 33.9 Å². The third-order valence-electron chi connectivity index (χ3n) is 3.17. The maximum absolute atomic E-state index is 11.4. The lowest BCUT2D eigenvalue weighted by atomic mass is 10.1. The Balaban J connectivity index is 0.000000394. The molecule has 1 aliphatic heterocycles. The number of nitrogens with one attached hydrogen (secondary N) is 1. The van der Waals surface area contributed by atoms with Crippen LogP contribution in [0.5, 0.6) is 0 Å². The van der Waals surface area contributed by atoms with Gasteiger partial charge >= 0.3 is 25.9 Å². The van der Waals surface area contributed by atoms with Crippen LogP contribution < -0.4 is 4.13 Å². The van der Waals surface area contributed by atoms with Crippen LogP contribution in [-0.4, -0.2) is 53.5 Å². The molecule has 0 atom stereocenters. The van der Waals surface area contributed by atoms with Gasteiger partial charge in [0.1, 0.15) is 0 Å². The smallest absolute Gasteiger partial charge is 0.326 e. The molecule has 0 radical (unpaired) electrons. The summed E-state index contributed by atoms with van der Waals surface area (Å²) in [6.45, 7) is 6.44. The molecule has 0 aromatic carbocycles. The summed E-state index contributed by atoms with van der Waals surface area (Å²) in [7, 11) is -9.72. The fourth-order valence-electron chi connectivity index (χ4n) is 1.77. The number of sulfonamides is 1. The number of rotatable bonds is 3. The predicted octanol–water partition coefficient (Wildman–Crippen LogP) is 1.28. The van der Waals surface area contributed by atoms with Gasteiger partial charge in [-0.1, -0.05) is 8.01 Å². The molecule has 0 saturated carbocycles. The first-order chi connectivity index (χ1) is 9.22. The number of quaternary nitrogens is 1. The van der Waals surface area contributed by atoms with Crippen molar-refractivity contribution in [2.75, 3.05) is 26.7 Å². The topological polar surface area (TPSA) is 80.3 Å². The fourth-order valence-corrected chi connectivity index (χ4v) is 3.20. The Morgan fingerprint density at radius 2 is 1.48 bits per heavy atom. The number of halogens is 4. The van der Waals surface area contributed by atoms with E-state index in [-0.39, 0.29) is 4.13 Å². The Morgan fingerprint density at radius 3 is 1.67 bits per heavy atom. The minimum absolute atomic E-state index is 0.212. The summed E-state index contributed by atoms with van der Waals surface area (Å²) in [5.74, 6) is 0. The summed E-state index contributed by atoms with van der Waals surface area (Å²) in [5, 5.41) is 0. The highest BCUT2D eigenvalue weighted by Crippen LogP contribution is 2.22. The van der Waals surface area contributed by atoms with Crippen molar-refractivity contribution >= 4 is 20.4 Å². The van der Waals surface area contributed by atoms with Gasteiger partial charge in [-0.15, -0.1) is 0 Å². The van der Waals surface area contributed by atoms with Crippen molar-refractivity contribution in [2.24, 2.45) is 0 Å². The third kappa shape index (κ3) is 7.93. The number of nitrogens with zero attached hydrogens (tertiary/aromatic N) is 1. The van der Waals surface area contributed by atoms with E-state index in [4.69, 9.17) is 0 Å². The van der Waals surface area contributed by atoms with Gasteiger partial charge in [-0.2, -0.15) is 21.6 Å². The molecule has 1 rings (SSSR count). The van der Waals surface area contributed by atoms with Crippen molar-refractivity contribution in [3.8, 4) is 0 Å². The van der Waals surface area contributed by atoms with Crippen LogP contribution in [0.1, 0.15) is 26.2 Å². The maximum Gasteiger partial charge on any atom is 0.512 e. The number of hydrogen-bond acceptors (Lipinski definition) is 4. The molecule has 1 aliphatic rings. The van der Waals surface area contributed by atoms with Crippen molar-refractivity contribution in [3.63, 3.8) is 0 Å². The van der Waals surface area contributed by atoms with E-state index in [2.05, 4.69) is 14.0 Å². The Morgan fingerprint density at radius 1 is 1.05 bits per heavy atom. The second kappa shape index (κ2) is 7.20. The average Bonchev–Trinajstić information content (AvgIpc) is 2.26. The molecule has 6 nitrogen and oxygen atoms in total. The lowest BCUT2D eigenvalue weighted by molar-refractivity contribution is -0.912. The summed E-state index contributed by atoms with van der Waals surface area (Å²) in [5.41, 5.74) is -5.86. The molecule has 1 fully saturated rings. The van der Waals surface area contributed by atoms with Crippen LogP contribution in [0.4, 0.5) is 17.1 Å². The predicted molar refractivity (Wildman–Crippen MR) is 68.4 cm³/mol. The standard InChI is InChI=1S/C8H18N.CHF4NO4S2/c1-3-9(2)7-5-4-6-8-9;2-1(3,4)11(7,8)6-12(5,9)10/h3-8H2,1-2H3;6H/q+1;. The summed E-state index contributed by atoms with van der Waals surface area (Å²) in [6, 6.07) is 0. The zero-order chi connectivity index (χ0) is 16.9. The lowest BCUT2D eigenvalue weighted by Gasteiger charge is -2.36. The molecule has 1 saturated heterocycles. The molecular weight excluding hydrogens is 340 g/mol. The fraction of sp³-hybridized carbons (Fsp3) is 1.00. The molecule has 0 bridgehead atoms. The molecule has 0 amide bonds. The minimum atomic E-state index is -6.17. The van der Waals surface area contributed by atoms with E-state index in [0.717, 1.165) is 0 Å². The first-order valence-corrected chi connectivity index (χ1v) is 8.97. The van der Waals surface area contributed by atoms with Gasteiger partial charge < -0.3 is 4.48 Å². The molecular formula is C9H19F4N2O4S2+. The summed E-state index contributed by atoms with van der Waals surface area (Å²) in [6.07, 6.45) is 4.36. The number of hydrogen-bond donors (Lipinski definition) is 1. The van der Waals surface area contributed by atoms with Crippen molar-refractivity contribution in [1.29, 1.82) is 0 Å². The molecule has 0 aromatic rings. The van der Waals surface area contributed by atoms with Crippen LogP contribution in [0.15, 0.2) is 0 Å². The zero-order valence-electron chi connectivity index (χ0n) is 11.7. The van der Waals surface area contributed by atoms with Gasteiger partial charge in [0.25, 0.3) is 0 Å². The van der Waals surface area contributed by atoms with Gasteiger partial charge in [-0.25, -0.2) is 8.42 Å². The second-order valence-electron chi connectivity index (χ2n) is 4.91. The highest BCUT2D eigenvalue weighted by atomic mass is 32.3. The van der Waals surface area contributed by atoms with Gasteiger partial charge in [0, 0.05) is 0 Å². The van der Waals surface area contributed by atoms with Gasteiger partial charge in [-0.05, 0) is 26.2 Å². The SMILES string of the molecule is CC[N+]1(C)CCCCC1.O=S(=O)(F)NS(=O)(=O)C(F)(F)F. The van der Waals surface area contributed by atoms with E-state index >= 15 is 0 Å². The van der Waals surface area contributed by atoms with E-state index in [1.54, 1.807) is 0 Å². The van der Waals surface area contributed by atoms with Crippen LogP contribution in [0.25, 0.3) is 0 Å². The summed E-state index contributed by atoms with van der Waals surface area (Å²) in [4.78, 5) is 0. The number of piperidine rings is 1. The van der Waals surface area contributed by atoms with Crippen LogP contribution in [0.2, 0.25) is 0 Å². The van der Waals surface area contributed by atoms with Gasteiger partial charge in [-0.3, -0.25) is 0 Å². The van der Waals surface area contributed by atoms with Crippen LogP contribution >= 0.6 is 0 Å². The number of likely N-dealkylation sites (tertiary alicyclic amines) is 1. The molecule has 0 aromatic heterocycles. The second-order valence-corrected chi connectivity index (χ2v) is 7.93. The minimum Gasteiger partial charge on any atom is -0.326 e. The molecule has 128 valence electrons. The van der Waals surface area contributed by atoms with E-state index in [1.165, 1.54) is 43.4 Å². The van der Waals surface area contributed by atoms with Crippen molar-refractivity contribution < 1.29 is 38.4 Å². The maximum atomic E-state index is 11.4. The highest BCUT2D eigenvalue weighted by Gasteiger charge is 2.48. The Hall–Kier alpha value is -0.460. The normalized spacial score (nSPS) is 19.5. The molecule has 0 aliphatic carbocycles. The van der Waals surface area contributed by atoms with Crippen LogP contribution in [0, 0.1) is 0 Å². The van der Waals surface area contributed by atoms with E-state index < -0.39 is 25.9 Å². The largest absolute Gasteiger partial charge is 0.512 e. The van der Waals surface area contributed by atoms with Crippen LogP contribution in [-0.2, 0) is 20.4 Å². The third-order valence-corrected chi connectivity index (χ3v) is 5.46. The molecule has 1 N–H and O–H groups in total. The monoisotopic (exact) mass is 359 g/mol. The molecule has 12 heteroatoms. The van der Waals surface area contributed by atoms with Crippen molar-refractivity contribution in [3.05, 3.63) is 0 Å². The molecule has 1 heterocycles. The summed E-state index contributed by atoms with van der Waals surface area (Å²) < 4.78 is 84.8. The highest BCUT2D eigenvalue weighted by molar-refractivity contribution is 8.03. The molecule has 21 heavy (non-hydrogen) atoms. The Bertz CT molecular complexity index is 524. The number of alkyl halides is 3. The summed E-state index contributed by atoms with van der Waals surface area (Å²) >= 11 is 0.